The molecular weight excluding hydrogens is 298 g/mol. The predicted octanol–water partition coefficient (Wildman–Crippen LogP) is 2.38. The molecule has 4 N–H and O–H groups in total. The first-order valence-corrected chi connectivity index (χ1v) is 5.87. The molecule has 0 saturated carbocycles. The van der Waals surface area contributed by atoms with Crippen LogP contribution in [0, 0.1) is 0 Å². The zero-order valence-corrected chi connectivity index (χ0v) is 10.8. The number of carbonyl (C=O) groups excluding carboxylic acids is 1. The van der Waals surface area contributed by atoms with E-state index in [1.165, 1.54) is 12.3 Å². The molecule has 6 heteroatoms. The highest BCUT2D eigenvalue weighted by molar-refractivity contribution is 9.10. The standard InChI is InChI=1S/C12H10BrN3O2/c13-9-3-1-7(5-10(9)17)12(18)16-11-4-2-8(14)6-15-11/h1-6,17H,14H2,(H,15,16,18). The SMILES string of the molecule is Nc1ccc(NC(=O)c2ccc(Br)c(O)c2)nc1. The zero-order chi connectivity index (χ0) is 13.1. The Morgan fingerprint density at radius 3 is 2.72 bits per heavy atom. The van der Waals surface area contributed by atoms with Gasteiger partial charge < -0.3 is 16.2 Å². The lowest BCUT2D eigenvalue weighted by atomic mass is 10.2. The van der Waals surface area contributed by atoms with Crippen LogP contribution >= 0.6 is 15.9 Å². The van der Waals surface area contributed by atoms with E-state index in [1.807, 2.05) is 0 Å². The zero-order valence-electron chi connectivity index (χ0n) is 9.22. The van der Waals surface area contributed by atoms with Gasteiger partial charge in [0.1, 0.15) is 11.6 Å². The summed E-state index contributed by atoms with van der Waals surface area (Å²) in [6, 6.07) is 7.81. The van der Waals surface area contributed by atoms with Crippen LogP contribution in [0.3, 0.4) is 0 Å². The maximum absolute atomic E-state index is 11.9. The molecule has 0 radical (unpaired) electrons. The second-order valence-electron chi connectivity index (χ2n) is 3.60. The van der Waals surface area contributed by atoms with Gasteiger partial charge in [0.05, 0.1) is 16.4 Å². The number of aromatic nitrogens is 1. The molecule has 1 heterocycles. The van der Waals surface area contributed by atoms with Crippen molar-refractivity contribution in [3.8, 4) is 5.75 Å². The highest BCUT2D eigenvalue weighted by atomic mass is 79.9. The van der Waals surface area contributed by atoms with Gasteiger partial charge in [-0.15, -0.1) is 0 Å². The molecule has 0 atom stereocenters. The molecule has 0 unspecified atom stereocenters. The quantitative estimate of drug-likeness (QED) is 0.795. The summed E-state index contributed by atoms with van der Waals surface area (Å²) in [5.41, 5.74) is 6.36. The van der Waals surface area contributed by atoms with E-state index in [0.29, 0.717) is 21.5 Å². The molecule has 0 bridgehead atoms. The second-order valence-corrected chi connectivity index (χ2v) is 4.45. The summed E-state index contributed by atoms with van der Waals surface area (Å²) >= 11 is 3.15. The summed E-state index contributed by atoms with van der Waals surface area (Å²) in [6.07, 6.45) is 1.45. The number of nitrogens with zero attached hydrogens (tertiary/aromatic N) is 1. The number of hydrogen-bond acceptors (Lipinski definition) is 4. The van der Waals surface area contributed by atoms with Crippen LogP contribution in [0.5, 0.6) is 5.75 Å². The minimum Gasteiger partial charge on any atom is -0.507 e. The molecule has 92 valence electrons. The van der Waals surface area contributed by atoms with Gasteiger partial charge >= 0.3 is 0 Å². The number of amides is 1. The maximum atomic E-state index is 11.9. The van der Waals surface area contributed by atoms with E-state index in [9.17, 15) is 9.90 Å². The molecule has 0 saturated heterocycles. The highest BCUT2D eigenvalue weighted by Crippen LogP contribution is 2.24. The van der Waals surface area contributed by atoms with Crippen molar-refractivity contribution in [2.24, 2.45) is 0 Å². The highest BCUT2D eigenvalue weighted by Gasteiger charge is 2.09. The molecule has 0 aliphatic heterocycles. The Hall–Kier alpha value is -2.08. The van der Waals surface area contributed by atoms with Gasteiger partial charge in [-0.2, -0.15) is 0 Å². The summed E-state index contributed by atoms with van der Waals surface area (Å²) < 4.78 is 0.532. The van der Waals surface area contributed by atoms with E-state index in [2.05, 4.69) is 26.2 Å². The lowest BCUT2D eigenvalue weighted by molar-refractivity contribution is 0.102. The van der Waals surface area contributed by atoms with E-state index >= 15 is 0 Å². The Morgan fingerprint density at radius 1 is 1.33 bits per heavy atom. The summed E-state index contributed by atoms with van der Waals surface area (Å²) in [7, 11) is 0. The van der Waals surface area contributed by atoms with Crippen molar-refractivity contribution in [2.45, 2.75) is 0 Å². The smallest absolute Gasteiger partial charge is 0.256 e. The Morgan fingerprint density at radius 2 is 2.11 bits per heavy atom. The number of nitrogen functional groups attached to an aromatic ring is 1. The van der Waals surface area contributed by atoms with Gasteiger partial charge in [0.2, 0.25) is 0 Å². The minimum atomic E-state index is -0.352. The van der Waals surface area contributed by atoms with Gasteiger partial charge in [-0.1, -0.05) is 0 Å². The van der Waals surface area contributed by atoms with Crippen molar-refractivity contribution in [3.63, 3.8) is 0 Å². The normalized spacial score (nSPS) is 10.1. The number of halogens is 1. The van der Waals surface area contributed by atoms with E-state index in [4.69, 9.17) is 5.73 Å². The van der Waals surface area contributed by atoms with Crippen molar-refractivity contribution in [3.05, 3.63) is 46.6 Å². The van der Waals surface area contributed by atoms with Gasteiger partial charge in [0, 0.05) is 5.56 Å². The van der Waals surface area contributed by atoms with Crippen LogP contribution in [0.1, 0.15) is 10.4 Å². The van der Waals surface area contributed by atoms with Gasteiger partial charge in [-0.25, -0.2) is 4.98 Å². The summed E-state index contributed by atoms with van der Waals surface area (Å²) in [5, 5.41) is 12.1. The van der Waals surface area contributed by atoms with Crippen LogP contribution in [0.4, 0.5) is 11.5 Å². The summed E-state index contributed by atoms with van der Waals surface area (Å²) in [5.74, 6) is 0.0552. The lowest BCUT2D eigenvalue weighted by Crippen LogP contribution is -2.12. The van der Waals surface area contributed by atoms with Gasteiger partial charge in [-0.05, 0) is 46.3 Å². The number of phenolic OH excluding ortho intramolecular Hbond substituents is 1. The molecule has 0 fully saturated rings. The third-order valence-corrected chi connectivity index (χ3v) is 2.91. The number of rotatable bonds is 2. The van der Waals surface area contributed by atoms with Crippen LogP contribution in [-0.2, 0) is 0 Å². The number of carbonyl (C=O) groups is 1. The number of nitrogens with two attached hydrogens (primary N) is 1. The van der Waals surface area contributed by atoms with Crippen LogP contribution in [-0.4, -0.2) is 16.0 Å². The average Bonchev–Trinajstić information content (AvgIpc) is 2.35. The molecule has 2 rings (SSSR count). The Balaban J connectivity index is 2.16. The predicted molar refractivity (Wildman–Crippen MR) is 72.4 cm³/mol. The van der Waals surface area contributed by atoms with Gasteiger partial charge in [-0.3, -0.25) is 4.79 Å². The van der Waals surface area contributed by atoms with E-state index in [-0.39, 0.29) is 11.7 Å². The monoisotopic (exact) mass is 307 g/mol. The molecule has 18 heavy (non-hydrogen) atoms. The van der Waals surface area contributed by atoms with Crippen LogP contribution in [0.15, 0.2) is 41.0 Å². The number of pyridine rings is 1. The summed E-state index contributed by atoms with van der Waals surface area (Å²) in [4.78, 5) is 15.8. The first-order chi connectivity index (χ1) is 8.56. The molecule has 0 aliphatic carbocycles. The van der Waals surface area contributed by atoms with Crippen molar-refractivity contribution in [2.75, 3.05) is 11.1 Å². The first kappa shape index (κ1) is 12.4. The molecule has 1 amide bonds. The van der Waals surface area contributed by atoms with Crippen molar-refractivity contribution in [1.82, 2.24) is 4.98 Å². The van der Waals surface area contributed by atoms with E-state index < -0.39 is 0 Å². The molecule has 1 aromatic heterocycles. The van der Waals surface area contributed by atoms with Gasteiger partial charge in [0.15, 0.2) is 0 Å². The fraction of sp³-hybridized carbons (Fsp3) is 0. The maximum Gasteiger partial charge on any atom is 0.256 e. The number of aromatic hydroxyl groups is 1. The molecule has 0 spiro atoms. The Kier molecular flexibility index (Phi) is 3.47. The van der Waals surface area contributed by atoms with Crippen molar-refractivity contribution >= 4 is 33.3 Å². The molecule has 0 aliphatic rings. The molecular formula is C12H10BrN3O2. The largest absolute Gasteiger partial charge is 0.507 e. The lowest BCUT2D eigenvalue weighted by Gasteiger charge is -2.05. The third-order valence-electron chi connectivity index (χ3n) is 2.24. The number of phenols is 1. The van der Waals surface area contributed by atoms with Gasteiger partial charge in [0.25, 0.3) is 5.91 Å². The Labute approximate surface area is 112 Å². The fourth-order valence-corrected chi connectivity index (χ4v) is 1.57. The van der Waals surface area contributed by atoms with E-state index in [1.54, 1.807) is 24.3 Å². The van der Waals surface area contributed by atoms with E-state index in [0.717, 1.165) is 0 Å². The number of hydrogen-bond donors (Lipinski definition) is 3. The second kappa shape index (κ2) is 5.05. The van der Waals surface area contributed by atoms with Crippen LogP contribution in [0.25, 0.3) is 0 Å². The molecule has 1 aromatic carbocycles. The van der Waals surface area contributed by atoms with Crippen LogP contribution in [0.2, 0.25) is 0 Å². The van der Waals surface area contributed by atoms with Crippen LogP contribution < -0.4 is 11.1 Å². The molecule has 5 nitrogen and oxygen atoms in total. The minimum absolute atomic E-state index is 0.00733. The topological polar surface area (TPSA) is 88.2 Å². The average molecular weight is 308 g/mol. The fourth-order valence-electron chi connectivity index (χ4n) is 1.32. The Bertz CT molecular complexity index is 584. The number of anilines is 2. The number of benzene rings is 1. The summed E-state index contributed by atoms with van der Waals surface area (Å²) in [6.45, 7) is 0. The van der Waals surface area contributed by atoms with Crippen molar-refractivity contribution < 1.29 is 9.90 Å². The third kappa shape index (κ3) is 2.78. The molecule has 2 aromatic rings. The number of nitrogens with one attached hydrogen (secondary N) is 1. The van der Waals surface area contributed by atoms with Crippen molar-refractivity contribution in [1.29, 1.82) is 0 Å². The first-order valence-electron chi connectivity index (χ1n) is 5.07.